The van der Waals surface area contributed by atoms with Crippen LogP contribution in [0.15, 0.2) is 24.3 Å². The van der Waals surface area contributed by atoms with E-state index >= 15 is 0 Å². The van der Waals surface area contributed by atoms with Crippen LogP contribution in [0.3, 0.4) is 0 Å². The van der Waals surface area contributed by atoms with Gasteiger partial charge >= 0.3 is 23.9 Å². The molecule has 0 radical (unpaired) electrons. The Balaban J connectivity index is 3.99. The average molecular weight is 509 g/mol. The largest absolute Gasteiger partial charge is 0.465 e. The van der Waals surface area contributed by atoms with Crippen molar-refractivity contribution in [2.24, 2.45) is 11.8 Å². The van der Waals surface area contributed by atoms with Gasteiger partial charge in [-0.25, -0.2) is 9.59 Å². The Morgan fingerprint density at radius 1 is 0.750 bits per heavy atom. The van der Waals surface area contributed by atoms with Gasteiger partial charge in [0.05, 0.1) is 31.4 Å². The van der Waals surface area contributed by atoms with Crippen LogP contribution in [0.1, 0.15) is 39.2 Å². The molecule has 0 saturated heterocycles. The number of Topliss-reactive ketones (excluding diaryl/α,β-unsaturated/α-hetero) is 2. The second-order valence-electron chi connectivity index (χ2n) is 7.01. The summed E-state index contributed by atoms with van der Waals surface area (Å²) in [5.74, 6) is -14.9. The molecule has 0 aliphatic rings. The van der Waals surface area contributed by atoms with Gasteiger partial charge in [0, 0.05) is 18.1 Å². The molecule has 0 N–H and O–H groups in total. The molecule has 13 heteroatoms. The van der Waals surface area contributed by atoms with Crippen LogP contribution in [0.25, 0.3) is 0 Å². The van der Waals surface area contributed by atoms with Crippen molar-refractivity contribution in [2.75, 3.05) is 26.4 Å². The third-order valence-corrected chi connectivity index (χ3v) is 4.78. The Kier molecular flexibility index (Phi) is 11.9. The summed E-state index contributed by atoms with van der Waals surface area (Å²) in [6.07, 6.45) is 0. The zero-order valence-corrected chi connectivity index (χ0v) is 20.2. The van der Waals surface area contributed by atoms with Crippen LogP contribution in [-0.2, 0) is 47.7 Å². The number of non-ortho nitro benzene ring substituents is 1. The summed E-state index contributed by atoms with van der Waals surface area (Å²) in [5.41, 5.74) is -0.773. The molecule has 0 aliphatic heterocycles. The molecule has 1 aromatic rings. The molecule has 0 saturated carbocycles. The summed E-state index contributed by atoms with van der Waals surface area (Å²) in [4.78, 5) is 87.4. The normalized spacial score (nSPS) is 12.9. The molecular weight excluding hydrogens is 482 g/mol. The number of benzene rings is 1. The van der Waals surface area contributed by atoms with Gasteiger partial charge in [0.2, 0.25) is 0 Å². The lowest BCUT2D eigenvalue weighted by molar-refractivity contribution is -0.385. The SMILES string of the molecule is CCOC(=O)C(=O)C(C(=O)OCC)C(c1cccc([N+](=O)[O-])c1)C(C(=O)OCC)C(=O)C(=O)OCC. The molecule has 1 rings (SSSR count). The standard InChI is InChI=1S/C23H27NO12/c1-5-33-20(27)16(18(25)22(29)35-7-3)15(13-10-9-11-14(12-13)24(31)32)17(21(28)34-6-2)19(26)23(30)36-8-4/h9-12,15-17H,5-8H2,1-4H3. The number of ether oxygens (including phenoxy) is 4. The second-order valence-corrected chi connectivity index (χ2v) is 7.01. The molecule has 1 aromatic carbocycles. The number of esters is 4. The molecule has 13 nitrogen and oxygen atoms in total. The fraction of sp³-hybridized carbons (Fsp3) is 0.478. The Morgan fingerprint density at radius 2 is 1.17 bits per heavy atom. The maximum Gasteiger partial charge on any atom is 0.375 e. The fourth-order valence-electron chi connectivity index (χ4n) is 3.38. The Labute approximate surface area is 206 Å². The lowest BCUT2D eigenvalue weighted by atomic mass is 9.73. The van der Waals surface area contributed by atoms with Crippen molar-refractivity contribution < 1.29 is 52.6 Å². The smallest absolute Gasteiger partial charge is 0.375 e. The summed E-state index contributed by atoms with van der Waals surface area (Å²) in [5, 5.41) is 11.4. The van der Waals surface area contributed by atoms with Crippen molar-refractivity contribution in [2.45, 2.75) is 33.6 Å². The number of carbonyl (C=O) groups is 6. The van der Waals surface area contributed by atoms with E-state index < -0.39 is 63.8 Å². The van der Waals surface area contributed by atoms with E-state index in [2.05, 4.69) is 0 Å². The van der Waals surface area contributed by atoms with Crippen molar-refractivity contribution >= 4 is 41.1 Å². The number of rotatable bonds is 14. The number of ketones is 2. The molecule has 0 aliphatic carbocycles. The molecule has 0 bridgehead atoms. The topological polar surface area (TPSA) is 182 Å². The van der Waals surface area contributed by atoms with E-state index in [4.69, 9.17) is 18.9 Å². The third-order valence-electron chi connectivity index (χ3n) is 4.78. The Bertz CT molecular complexity index is 966. The van der Waals surface area contributed by atoms with Crippen molar-refractivity contribution in [1.82, 2.24) is 0 Å². The zero-order chi connectivity index (χ0) is 27.4. The molecule has 0 spiro atoms. The van der Waals surface area contributed by atoms with Crippen LogP contribution in [0.5, 0.6) is 0 Å². The molecule has 36 heavy (non-hydrogen) atoms. The molecular formula is C23H27NO12. The monoisotopic (exact) mass is 509 g/mol. The van der Waals surface area contributed by atoms with E-state index in [1.54, 1.807) is 0 Å². The Morgan fingerprint density at radius 3 is 1.53 bits per heavy atom. The van der Waals surface area contributed by atoms with Gasteiger partial charge in [0.1, 0.15) is 11.8 Å². The van der Waals surface area contributed by atoms with E-state index in [9.17, 15) is 38.9 Å². The van der Waals surface area contributed by atoms with Crippen LogP contribution in [0, 0.1) is 22.0 Å². The van der Waals surface area contributed by atoms with Crippen LogP contribution in [-0.4, -0.2) is 66.8 Å². The Hall–Kier alpha value is -4.16. The minimum Gasteiger partial charge on any atom is -0.465 e. The van der Waals surface area contributed by atoms with Crippen molar-refractivity contribution in [1.29, 1.82) is 0 Å². The summed E-state index contributed by atoms with van der Waals surface area (Å²) in [6.45, 7) is 4.58. The maximum absolute atomic E-state index is 13.1. The number of hydrogen-bond acceptors (Lipinski definition) is 12. The molecule has 196 valence electrons. The van der Waals surface area contributed by atoms with Crippen LogP contribution in [0.4, 0.5) is 5.69 Å². The average Bonchev–Trinajstić information content (AvgIpc) is 2.83. The zero-order valence-electron chi connectivity index (χ0n) is 20.2. The van der Waals surface area contributed by atoms with E-state index in [1.807, 2.05) is 0 Å². The first-order valence-corrected chi connectivity index (χ1v) is 11.0. The summed E-state index contributed by atoms with van der Waals surface area (Å²) in [6, 6.07) is 4.35. The number of hydrogen-bond donors (Lipinski definition) is 0. The predicted octanol–water partition coefficient (Wildman–Crippen LogP) is 1.30. The molecule has 0 fully saturated rings. The first kappa shape index (κ1) is 29.9. The van der Waals surface area contributed by atoms with E-state index in [-0.39, 0.29) is 32.0 Å². The van der Waals surface area contributed by atoms with Gasteiger partial charge < -0.3 is 18.9 Å². The van der Waals surface area contributed by atoms with Crippen molar-refractivity contribution in [3.05, 3.63) is 39.9 Å². The quantitative estimate of drug-likeness (QED) is 0.0876. The number of carbonyl (C=O) groups excluding carboxylic acids is 6. The van der Waals surface area contributed by atoms with Gasteiger partial charge in [-0.2, -0.15) is 0 Å². The van der Waals surface area contributed by atoms with Crippen LogP contribution >= 0.6 is 0 Å². The minimum absolute atomic E-state index is 0.245. The van der Waals surface area contributed by atoms with Gasteiger partial charge in [-0.1, -0.05) is 12.1 Å². The highest BCUT2D eigenvalue weighted by Gasteiger charge is 2.51. The molecule has 0 aromatic heterocycles. The fourth-order valence-corrected chi connectivity index (χ4v) is 3.38. The van der Waals surface area contributed by atoms with Gasteiger partial charge in [-0.15, -0.1) is 0 Å². The highest BCUT2D eigenvalue weighted by atomic mass is 16.6. The maximum atomic E-state index is 13.1. The van der Waals surface area contributed by atoms with Crippen molar-refractivity contribution in [3.8, 4) is 0 Å². The van der Waals surface area contributed by atoms with Gasteiger partial charge in [-0.05, 0) is 33.3 Å². The highest BCUT2D eigenvalue weighted by molar-refractivity contribution is 6.40. The lowest BCUT2D eigenvalue weighted by Gasteiger charge is -2.29. The first-order valence-electron chi connectivity index (χ1n) is 11.0. The lowest BCUT2D eigenvalue weighted by Crippen LogP contribution is -2.46. The second kappa shape index (κ2) is 14.3. The molecule has 0 heterocycles. The minimum atomic E-state index is -2.20. The molecule has 0 amide bonds. The van der Waals surface area contributed by atoms with E-state index in [0.717, 1.165) is 12.1 Å². The third kappa shape index (κ3) is 7.42. The van der Waals surface area contributed by atoms with E-state index in [1.165, 1.54) is 39.8 Å². The molecule has 2 atom stereocenters. The predicted molar refractivity (Wildman–Crippen MR) is 119 cm³/mol. The van der Waals surface area contributed by atoms with Crippen LogP contribution in [0.2, 0.25) is 0 Å². The first-order chi connectivity index (χ1) is 17.0. The number of nitro benzene ring substituents is 1. The molecule has 2 unspecified atom stereocenters. The summed E-state index contributed by atoms with van der Waals surface area (Å²) in [7, 11) is 0. The van der Waals surface area contributed by atoms with Gasteiger partial charge in [0.15, 0.2) is 0 Å². The highest BCUT2D eigenvalue weighted by Crippen LogP contribution is 2.37. The van der Waals surface area contributed by atoms with Crippen LogP contribution < -0.4 is 0 Å². The van der Waals surface area contributed by atoms with Crippen molar-refractivity contribution in [3.63, 3.8) is 0 Å². The van der Waals surface area contributed by atoms with Gasteiger partial charge in [0.25, 0.3) is 17.3 Å². The summed E-state index contributed by atoms with van der Waals surface area (Å²) >= 11 is 0. The summed E-state index contributed by atoms with van der Waals surface area (Å²) < 4.78 is 19.3. The van der Waals surface area contributed by atoms with Gasteiger partial charge in [-0.3, -0.25) is 29.3 Å². The number of nitro groups is 1. The number of nitrogens with zero attached hydrogens (tertiary/aromatic N) is 1. The van der Waals surface area contributed by atoms with E-state index in [0.29, 0.717) is 0 Å².